The SMILES string of the molecule is N#Cc1ccc2c3c(C#N)cc(C(=O)OCc4ccccc4)c4c(C#N)ccc(c5c(C#N)cc(C(=O)OCc6ccccc6)c1c25)c43. The van der Waals surface area contributed by atoms with E-state index in [1.165, 1.54) is 12.1 Å². The molecule has 7 aromatic rings. The Labute approximate surface area is 273 Å². The third kappa shape index (κ3) is 4.67. The number of hydrogen-bond donors (Lipinski definition) is 0. The first-order chi connectivity index (χ1) is 23.5. The first-order valence-corrected chi connectivity index (χ1v) is 14.8. The minimum atomic E-state index is -0.719. The summed E-state index contributed by atoms with van der Waals surface area (Å²) < 4.78 is 11.3. The molecule has 48 heavy (non-hydrogen) atoms. The van der Waals surface area contributed by atoms with Gasteiger partial charge in [0.15, 0.2) is 0 Å². The van der Waals surface area contributed by atoms with E-state index in [0.29, 0.717) is 32.3 Å². The molecule has 8 heteroatoms. The number of fused-ring (bicyclic) bond motifs is 2. The monoisotopic (exact) mass is 620 g/mol. The van der Waals surface area contributed by atoms with Crippen molar-refractivity contribution in [3.05, 3.63) is 142 Å². The highest BCUT2D eigenvalue weighted by molar-refractivity contribution is 6.38. The zero-order chi connectivity index (χ0) is 33.4. The Kier molecular flexibility index (Phi) is 7.31. The Balaban J connectivity index is 1.54. The first-order valence-electron chi connectivity index (χ1n) is 14.8. The number of carbonyl (C=O) groups excluding carboxylic acids is 2. The fraction of sp³-hybridized carbons (Fsp3) is 0.0500. The topological polar surface area (TPSA) is 148 Å². The van der Waals surface area contributed by atoms with Gasteiger partial charge in [0.05, 0.1) is 57.7 Å². The van der Waals surface area contributed by atoms with Crippen LogP contribution in [0.15, 0.2) is 97.1 Å². The lowest BCUT2D eigenvalue weighted by Gasteiger charge is -2.20. The number of carbonyl (C=O) groups is 2. The van der Waals surface area contributed by atoms with Gasteiger partial charge in [0, 0.05) is 32.3 Å². The Morgan fingerprint density at radius 2 is 0.833 bits per heavy atom. The molecule has 0 bridgehead atoms. The lowest BCUT2D eigenvalue weighted by molar-refractivity contribution is 0.0466. The van der Waals surface area contributed by atoms with Gasteiger partial charge in [0.25, 0.3) is 0 Å². The van der Waals surface area contributed by atoms with E-state index in [1.807, 2.05) is 60.7 Å². The number of esters is 2. The Bertz CT molecular complexity index is 2450. The summed E-state index contributed by atoms with van der Waals surface area (Å²) in [5.74, 6) is -1.44. The summed E-state index contributed by atoms with van der Waals surface area (Å²) in [5.41, 5.74) is 2.20. The minimum absolute atomic E-state index is 0.0206. The summed E-state index contributed by atoms with van der Waals surface area (Å²) in [6.07, 6.45) is 0. The van der Waals surface area contributed by atoms with Gasteiger partial charge in [-0.3, -0.25) is 0 Å². The number of nitriles is 4. The predicted molar refractivity (Wildman–Crippen MR) is 178 cm³/mol. The van der Waals surface area contributed by atoms with Crippen LogP contribution in [-0.4, -0.2) is 11.9 Å². The largest absolute Gasteiger partial charge is 0.457 e. The Hall–Kier alpha value is -7.26. The number of ether oxygens (including phenoxy) is 2. The zero-order valence-electron chi connectivity index (χ0n) is 25.1. The molecule has 0 fully saturated rings. The molecule has 0 aliphatic heterocycles. The number of nitrogens with zero attached hydrogens (tertiary/aromatic N) is 4. The van der Waals surface area contributed by atoms with Gasteiger partial charge in [0.1, 0.15) is 13.2 Å². The van der Waals surface area contributed by atoms with Crippen LogP contribution >= 0.6 is 0 Å². The predicted octanol–water partition coefficient (Wildman–Crippen LogP) is 7.94. The molecule has 0 saturated carbocycles. The summed E-state index contributed by atoms with van der Waals surface area (Å²) in [5, 5.41) is 44.5. The van der Waals surface area contributed by atoms with Gasteiger partial charge in [-0.15, -0.1) is 0 Å². The smallest absolute Gasteiger partial charge is 0.339 e. The van der Waals surface area contributed by atoms with Crippen LogP contribution in [0, 0.1) is 45.3 Å². The van der Waals surface area contributed by atoms with Crippen LogP contribution in [0.3, 0.4) is 0 Å². The minimum Gasteiger partial charge on any atom is -0.457 e. The van der Waals surface area contributed by atoms with Crippen LogP contribution in [0.1, 0.15) is 54.1 Å². The van der Waals surface area contributed by atoms with Crippen LogP contribution < -0.4 is 0 Å². The van der Waals surface area contributed by atoms with Crippen molar-refractivity contribution < 1.29 is 19.1 Å². The highest BCUT2D eigenvalue weighted by Gasteiger charge is 2.28. The average molecular weight is 621 g/mol. The maximum absolute atomic E-state index is 13.6. The molecule has 0 aliphatic rings. The van der Waals surface area contributed by atoms with Crippen molar-refractivity contribution in [1.82, 2.24) is 0 Å². The third-order valence-electron chi connectivity index (χ3n) is 8.45. The molecular weight excluding hydrogens is 600 g/mol. The van der Waals surface area contributed by atoms with E-state index < -0.39 is 11.9 Å². The zero-order valence-corrected chi connectivity index (χ0v) is 25.1. The number of hydrogen-bond acceptors (Lipinski definition) is 8. The van der Waals surface area contributed by atoms with E-state index in [4.69, 9.17) is 9.47 Å². The fourth-order valence-corrected chi connectivity index (χ4v) is 6.39. The lowest BCUT2D eigenvalue weighted by Crippen LogP contribution is -2.09. The second-order valence-corrected chi connectivity index (χ2v) is 11.1. The quantitative estimate of drug-likeness (QED) is 0.103. The molecule has 0 saturated heterocycles. The molecule has 0 amide bonds. The summed E-state index contributed by atoms with van der Waals surface area (Å²) >= 11 is 0. The van der Waals surface area contributed by atoms with Crippen LogP contribution in [-0.2, 0) is 22.7 Å². The van der Waals surface area contributed by atoms with E-state index in [2.05, 4.69) is 24.3 Å². The van der Waals surface area contributed by atoms with Gasteiger partial charge >= 0.3 is 11.9 Å². The number of rotatable bonds is 6. The highest BCUT2D eigenvalue weighted by Crippen LogP contribution is 2.46. The van der Waals surface area contributed by atoms with Gasteiger partial charge < -0.3 is 9.47 Å². The van der Waals surface area contributed by atoms with Crippen molar-refractivity contribution in [2.75, 3.05) is 0 Å². The third-order valence-corrected chi connectivity index (χ3v) is 8.45. The van der Waals surface area contributed by atoms with E-state index in [-0.39, 0.29) is 57.4 Å². The lowest BCUT2D eigenvalue weighted by atomic mass is 9.81. The van der Waals surface area contributed by atoms with Gasteiger partial charge in [-0.2, -0.15) is 21.0 Å². The molecule has 7 aromatic carbocycles. The van der Waals surface area contributed by atoms with E-state index in [9.17, 15) is 30.6 Å². The van der Waals surface area contributed by atoms with Crippen LogP contribution in [0.5, 0.6) is 0 Å². The summed E-state index contributed by atoms with van der Waals surface area (Å²) in [7, 11) is 0. The maximum Gasteiger partial charge on any atom is 0.339 e. The Morgan fingerprint density at radius 3 is 1.19 bits per heavy atom. The standard InChI is InChI=1S/C40H20N4O4/c41-17-25-11-13-29-36-28(20-44)16-32(40(46)48-22-24-9-5-2-6-10-24)34-26(18-42)12-14-30(38(34)36)35-27(19-43)15-31(33(25)37(29)35)39(45)47-21-23-7-3-1-4-8-23/h1-16H,21-22H2. The molecule has 0 atom stereocenters. The molecule has 0 aliphatic carbocycles. The molecule has 0 aromatic heterocycles. The highest BCUT2D eigenvalue weighted by atomic mass is 16.5. The van der Waals surface area contributed by atoms with Crippen molar-refractivity contribution in [2.45, 2.75) is 13.2 Å². The number of benzene rings is 7. The van der Waals surface area contributed by atoms with Crippen molar-refractivity contribution in [3.63, 3.8) is 0 Å². The summed E-state index contributed by atoms with van der Waals surface area (Å²) in [6.45, 7) is -0.0413. The molecule has 0 radical (unpaired) electrons. The second kappa shape index (κ2) is 11.9. The molecule has 0 unspecified atom stereocenters. The molecule has 8 nitrogen and oxygen atoms in total. The molecule has 0 spiro atoms. The second-order valence-electron chi connectivity index (χ2n) is 11.1. The molecular formula is C40H20N4O4. The fourth-order valence-electron chi connectivity index (χ4n) is 6.39. The van der Waals surface area contributed by atoms with Gasteiger partial charge in [0.2, 0.25) is 0 Å². The van der Waals surface area contributed by atoms with Crippen molar-refractivity contribution in [3.8, 4) is 24.3 Å². The van der Waals surface area contributed by atoms with Crippen LogP contribution in [0.2, 0.25) is 0 Å². The van der Waals surface area contributed by atoms with E-state index >= 15 is 0 Å². The average Bonchev–Trinajstić information content (AvgIpc) is 3.14. The van der Waals surface area contributed by atoms with Crippen molar-refractivity contribution >= 4 is 55.0 Å². The van der Waals surface area contributed by atoms with Crippen molar-refractivity contribution in [2.24, 2.45) is 0 Å². The normalized spacial score (nSPS) is 10.8. The summed E-state index contributed by atoms with van der Waals surface area (Å²) in [6, 6.07) is 36.2. The maximum atomic E-state index is 13.6. The van der Waals surface area contributed by atoms with Crippen LogP contribution in [0.25, 0.3) is 43.1 Å². The molecule has 224 valence electrons. The van der Waals surface area contributed by atoms with Crippen LogP contribution in [0.4, 0.5) is 0 Å². The van der Waals surface area contributed by atoms with Gasteiger partial charge in [-0.1, -0.05) is 72.8 Å². The molecule has 0 N–H and O–H groups in total. The van der Waals surface area contributed by atoms with Crippen molar-refractivity contribution in [1.29, 1.82) is 21.0 Å². The van der Waals surface area contributed by atoms with Gasteiger partial charge in [-0.25, -0.2) is 9.59 Å². The molecule has 7 rings (SSSR count). The summed E-state index contributed by atoms with van der Waals surface area (Å²) in [4.78, 5) is 27.3. The van der Waals surface area contributed by atoms with E-state index in [1.54, 1.807) is 24.3 Å². The Morgan fingerprint density at radius 1 is 0.458 bits per heavy atom. The first kappa shape index (κ1) is 29.5. The van der Waals surface area contributed by atoms with E-state index in [0.717, 1.165) is 11.1 Å². The van der Waals surface area contributed by atoms with Gasteiger partial charge in [-0.05, 0) is 46.2 Å². The molecule has 0 heterocycles.